The van der Waals surface area contributed by atoms with Gasteiger partial charge in [0.1, 0.15) is 18.1 Å². The van der Waals surface area contributed by atoms with E-state index in [-0.39, 0.29) is 17.9 Å². The number of ether oxygens (including phenoxy) is 1. The number of benzene rings is 3. The standard InChI is InChI=1S/C27H28N2O3/c30-24-14-8-16-29(19-21-9-3-1-4-10-21)26(18-24)28-27(31)23-13-7-15-25(17-23)32-20-22-11-5-2-6-12-22/h1-7,9-13,15,17,26H,8,14,16,18-20H2,(H,28,31). The molecule has 3 aromatic carbocycles. The highest BCUT2D eigenvalue weighted by atomic mass is 16.5. The predicted octanol–water partition coefficient (Wildman–Crippen LogP) is 4.58. The highest BCUT2D eigenvalue weighted by molar-refractivity contribution is 5.95. The minimum atomic E-state index is -0.327. The maximum Gasteiger partial charge on any atom is 0.252 e. The smallest absolute Gasteiger partial charge is 0.252 e. The summed E-state index contributed by atoms with van der Waals surface area (Å²) in [5.74, 6) is 0.623. The van der Waals surface area contributed by atoms with Crippen LogP contribution in [0.4, 0.5) is 0 Å². The average Bonchev–Trinajstić information content (AvgIpc) is 3.00. The third-order valence-corrected chi connectivity index (χ3v) is 5.63. The number of likely N-dealkylation sites (tertiary alicyclic amines) is 1. The van der Waals surface area contributed by atoms with Gasteiger partial charge in [-0.3, -0.25) is 14.5 Å². The third-order valence-electron chi connectivity index (χ3n) is 5.63. The maximum atomic E-state index is 13.1. The minimum absolute atomic E-state index is 0.186. The van der Waals surface area contributed by atoms with E-state index in [1.54, 1.807) is 12.1 Å². The number of nitrogens with one attached hydrogen (secondary N) is 1. The van der Waals surface area contributed by atoms with Gasteiger partial charge in [-0.1, -0.05) is 66.7 Å². The van der Waals surface area contributed by atoms with Crippen molar-refractivity contribution in [2.75, 3.05) is 6.54 Å². The van der Waals surface area contributed by atoms with E-state index in [2.05, 4.69) is 22.3 Å². The van der Waals surface area contributed by atoms with Crippen molar-refractivity contribution in [3.8, 4) is 5.75 Å². The average molecular weight is 429 g/mol. The zero-order valence-corrected chi connectivity index (χ0v) is 18.1. The zero-order valence-electron chi connectivity index (χ0n) is 18.1. The number of amides is 1. The van der Waals surface area contributed by atoms with Gasteiger partial charge in [-0.15, -0.1) is 0 Å². The molecule has 0 radical (unpaired) electrons. The van der Waals surface area contributed by atoms with Crippen molar-refractivity contribution in [2.24, 2.45) is 0 Å². The lowest BCUT2D eigenvalue weighted by Gasteiger charge is -2.30. The van der Waals surface area contributed by atoms with E-state index in [1.807, 2.05) is 60.7 Å². The highest BCUT2D eigenvalue weighted by Crippen LogP contribution is 2.19. The van der Waals surface area contributed by atoms with Crippen molar-refractivity contribution >= 4 is 11.7 Å². The van der Waals surface area contributed by atoms with E-state index in [0.717, 1.165) is 24.1 Å². The van der Waals surface area contributed by atoms with Crippen molar-refractivity contribution in [2.45, 2.75) is 38.6 Å². The van der Waals surface area contributed by atoms with Crippen LogP contribution in [0.25, 0.3) is 0 Å². The Kier molecular flexibility index (Phi) is 7.31. The molecular formula is C27H28N2O3. The molecule has 1 unspecified atom stereocenters. The van der Waals surface area contributed by atoms with Crippen molar-refractivity contribution in [1.29, 1.82) is 0 Å². The van der Waals surface area contributed by atoms with Gasteiger partial charge in [-0.05, 0) is 35.7 Å². The van der Waals surface area contributed by atoms with Crippen LogP contribution in [0.15, 0.2) is 84.9 Å². The van der Waals surface area contributed by atoms with Crippen LogP contribution in [0.1, 0.15) is 40.7 Å². The molecule has 1 aliphatic heterocycles. The molecular weight excluding hydrogens is 400 g/mol. The Labute approximate surface area is 189 Å². The number of Topliss-reactive ketones (excluding diaryl/α,β-unsaturated/α-hetero) is 1. The number of carbonyl (C=O) groups excluding carboxylic acids is 2. The molecule has 164 valence electrons. The van der Waals surface area contributed by atoms with Gasteiger partial charge in [0.15, 0.2) is 0 Å². The molecule has 1 amide bonds. The number of rotatable bonds is 7. The van der Waals surface area contributed by atoms with Crippen LogP contribution in [0, 0.1) is 0 Å². The summed E-state index contributed by atoms with van der Waals surface area (Å²) in [5, 5.41) is 3.09. The first-order valence-electron chi connectivity index (χ1n) is 11.0. The summed E-state index contributed by atoms with van der Waals surface area (Å²) >= 11 is 0. The second-order valence-electron chi connectivity index (χ2n) is 8.09. The fourth-order valence-electron chi connectivity index (χ4n) is 3.93. The summed E-state index contributed by atoms with van der Waals surface area (Å²) in [5.41, 5.74) is 2.75. The van der Waals surface area contributed by atoms with Crippen molar-refractivity contribution in [3.05, 3.63) is 102 Å². The Balaban J connectivity index is 1.43. The van der Waals surface area contributed by atoms with E-state index in [0.29, 0.717) is 37.3 Å². The number of ketones is 1. The molecule has 0 bridgehead atoms. The van der Waals surface area contributed by atoms with E-state index in [4.69, 9.17) is 4.74 Å². The maximum absolute atomic E-state index is 13.1. The molecule has 0 saturated carbocycles. The first-order valence-corrected chi connectivity index (χ1v) is 11.0. The molecule has 1 saturated heterocycles. The van der Waals surface area contributed by atoms with Crippen molar-refractivity contribution in [3.63, 3.8) is 0 Å². The first-order chi connectivity index (χ1) is 15.7. The van der Waals surface area contributed by atoms with Gasteiger partial charge in [0.05, 0.1) is 6.17 Å². The lowest BCUT2D eigenvalue weighted by molar-refractivity contribution is -0.119. The minimum Gasteiger partial charge on any atom is -0.489 e. The summed E-state index contributed by atoms with van der Waals surface area (Å²) < 4.78 is 5.87. The van der Waals surface area contributed by atoms with E-state index in [1.165, 1.54) is 0 Å². The van der Waals surface area contributed by atoms with Crippen molar-refractivity contribution < 1.29 is 14.3 Å². The monoisotopic (exact) mass is 428 g/mol. The number of hydrogen-bond acceptors (Lipinski definition) is 4. The zero-order chi connectivity index (χ0) is 22.2. The molecule has 0 aromatic heterocycles. The molecule has 1 heterocycles. The van der Waals surface area contributed by atoms with Crippen molar-refractivity contribution in [1.82, 2.24) is 10.2 Å². The Morgan fingerprint density at radius 2 is 1.66 bits per heavy atom. The molecule has 1 N–H and O–H groups in total. The van der Waals surface area contributed by atoms with Gasteiger partial charge in [0.25, 0.3) is 5.91 Å². The molecule has 0 spiro atoms. The van der Waals surface area contributed by atoms with Crippen LogP contribution in [0.2, 0.25) is 0 Å². The van der Waals surface area contributed by atoms with Crippen LogP contribution in [0.5, 0.6) is 5.75 Å². The Bertz CT molecular complexity index is 1040. The Morgan fingerprint density at radius 1 is 0.938 bits per heavy atom. The lowest BCUT2D eigenvalue weighted by Crippen LogP contribution is -2.48. The van der Waals surface area contributed by atoms with Crippen LogP contribution >= 0.6 is 0 Å². The van der Waals surface area contributed by atoms with Crippen LogP contribution in [-0.2, 0) is 17.9 Å². The lowest BCUT2D eigenvalue weighted by atomic mass is 10.1. The van der Waals surface area contributed by atoms with Gasteiger partial charge in [-0.2, -0.15) is 0 Å². The number of hydrogen-bond donors (Lipinski definition) is 1. The summed E-state index contributed by atoms with van der Waals surface area (Å²) in [6, 6.07) is 27.2. The molecule has 5 nitrogen and oxygen atoms in total. The largest absolute Gasteiger partial charge is 0.489 e. The van der Waals surface area contributed by atoms with E-state index >= 15 is 0 Å². The SMILES string of the molecule is O=C1CCCN(Cc2ccccc2)C(NC(=O)c2cccc(OCc3ccccc3)c2)C1. The molecule has 1 fully saturated rings. The summed E-state index contributed by atoms with van der Waals surface area (Å²) in [7, 11) is 0. The van der Waals surface area contributed by atoms with Gasteiger partial charge >= 0.3 is 0 Å². The topological polar surface area (TPSA) is 58.6 Å². The van der Waals surface area contributed by atoms with E-state index < -0.39 is 0 Å². The van der Waals surface area contributed by atoms with Crippen LogP contribution < -0.4 is 10.1 Å². The molecule has 3 aromatic rings. The molecule has 5 heteroatoms. The number of carbonyl (C=O) groups is 2. The molecule has 1 aliphatic rings. The van der Waals surface area contributed by atoms with Gasteiger partial charge < -0.3 is 10.1 Å². The fourth-order valence-corrected chi connectivity index (χ4v) is 3.93. The molecule has 32 heavy (non-hydrogen) atoms. The Morgan fingerprint density at radius 3 is 2.41 bits per heavy atom. The quantitative estimate of drug-likeness (QED) is 0.599. The Hall–Kier alpha value is -3.44. The van der Waals surface area contributed by atoms with Gasteiger partial charge in [0, 0.05) is 31.5 Å². The van der Waals surface area contributed by atoms with Gasteiger partial charge in [0.2, 0.25) is 0 Å². The third kappa shape index (κ3) is 6.05. The van der Waals surface area contributed by atoms with E-state index in [9.17, 15) is 9.59 Å². The molecule has 4 rings (SSSR count). The number of nitrogens with zero attached hydrogens (tertiary/aromatic N) is 1. The van der Waals surface area contributed by atoms with Crippen LogP contribution in [-0.4, -0.2) is 29.3 Å². The first kappa shape index (κ1) is 21.8. The summed E-state index contributed by atoms with van der Waals surface area (Å²) in [6.45, 7) is 1.90. The summed E-state index contributed by atoms with van der Waals surface area (Å²) in [6.07, 6.45) is 1.36. The second kappa shape index (κ2) is 10.7. The van der Waals surface area contributed by atoms with Gasteiger partial charge in [-0.25, -0.2) is 0 Å². The predicted molar refractivity (Wildman–Crippen MR) is 124 cm³/mol. The molecule has 0 aliphatic carbocycles. The van der Waals surface area contributed by atoms with Crippen LogP contribution in [0.3, 0.4) is 0 Å². The summed E-state index contributed by atoms with van der Waals surface area (Å²) in [4.78, 5) is 27.5. The molecule has 1 atom stereocenters. The highest BCUT2D eigenvalue weighted by Gasteiger charge is 2.26. The fraction of sp³-hybridized carbons (Fsp3) is 0.259. The second-order valence-corrected chi connectivity index (χ2v) is 8.09. The normalized spacial score (nSPS) is 16.9.